The van der Waals surface area contributed by atoms with Crippen LogP contribution in [-0.4, -0.2) is 70.4 Å². The number of hydrogen-bond acceptors (Lipinski definition) is 5. The Balaban J connectivity index is 1.14. The number of nitrogens with zero attached hydrogens (tertiary/aromatic N) is 3. The lowest BCUT2D eigenvalue weighted by molar-refractivity contribution is -0.131. The molecule has 0 unspecified atom stereocenters. The van der Waals surface area contributed by atoms with Crippen molar-refractivity contribution < 1.29 is 14.7 Å². The van der Waals surface area contributed by atoms with Gasteiger partial charge in [-0.25, -0.2) is 0 Å². The summed E-state index contributed by atoms with van der Waals surface area (Å²) in [6.45, 7) is 5.11. The van der Waals surface area contributed by atoms with Crippen molar-refractivity contribution in [3.8, 4) is 16.9 Å². The number of phenolic OH excluding ortho intramolecular Hbond substituents is 1. The van der Waals surface area contributed by atoms with Crippen LogP contribution in [0, 0.1) is 0 Å². The summed E-state index contributed by atoms with van der Waals surface area (Å²) in [5.74, 6) is 0.501. The van der Waals surface area contributed by atoms with E-state index in [1.165, 1.54) is 37.2 Å². The Kier molecular flexibility index (Phi) is 11.4. The molecule has 2 aliphatic heterocycles. The fourth-order valence-corrected chi connectivity index (χ4v) is 7.86. The van der Waals surface area contributed by atoms with Crippen LogP contribution in [0.2, 0.25) is 0 Å². The summed E-state index contributed by atoms with van der Waals surface area (Å²) in [6, 6.07) is 28.3. The Hall–Kier alpha value is -3.94. The molecule has 2 aliphatic rings. The van der Waals surface area contributed by atoms with Gasteiger partial charge in [-0.2, -0.15) is 0 Å². The monoisotopic (exact) mass is 649 g/mol. The molecule has 1 aromatic heterocycles. The van der Waals surface area contributed by atoms with Crippen molar-refractivity contribution in [3.63, 3.8) is 0 Å². The van der Waals surface area contributed by atoms with Crippen LogP contribution in [0.5, 0.6) is 5.75 Å². The number of carbonyl (C=O) groups is 2. The van der Waals surface area contributed by atoms with Gasteiger partial charge >= 0.3 is 0 Å². The van der Waals surface area contributed by atoms with Gasteiger partial charge in [-0.1, -0.05) is 61.0 Å². The van der Waals surface area contributed by atoms with E-state index in [0.29, 0.717) is 32.0 Å². The van der Waals surface area contributed by atoms with Gasteiger partial charge in [0.25, 0.3) is 5.91 Å². The van der Waals surface area contributed by atoms with E-state index >= 15 is 0 Å². The molecule has 2 amide bonds. The zero-order chi connectivity index (χ0) is 32.4. The van der Waals surface area contributed by atoms with E-state index < -0.39 is 0 Å². The van der Waals surface area contributed by atoms with Crippen LogP contribution < -0.4 is 0 Å². The number of benzene rings is 3. The standard InChI is InChI=1S/C40H47N3O3S/c44-35-18-16-31(17-19-35)20-25-43(39(45)15-7-11-36-12-8-28-47-36)30-32-9-6-10-33(29-32)37-13-2-3-14-38(37)40(46)42-26-21-34(22-27-42)41-23-4-1-5-24-41/h2-3,6,8-10,12-14,16-19,28-29,34,44H,1,4-5,7,11,15,20-27,30H2. The van der Waals surface area contributed by atoms with Gasteiger partial charge in [-0.3, -0.25) is 9.59 Å². The number of piperidine rings is 2. The first-order valence-corrected chi connectivity index (χ1v) is 18.2. The molecule has 4 aromatic rings. The Morgan fingerprint density at radius 1 is 0.809 bits per heavy atom. The molecule has 7 heteroatoms. The minimum absolute atomic E-state index is 0.111. The van der Waals surface area contributed by atoms with Crippen LogP contribution in [0.4, 0.5) is 0 Å². The quantitative estimate of drug-likeness (QED) is 0.170. The van der Waals surface area contributed by atoms with Gasteiger partial charge in [0.2, 0.25) is 5.91 Å². The van der Waals surface area contributed by atoms with Gasteiger partial charge in [0, 0.05) is 49.1 Å². The predicted molar refractivity (Wildman–Crippen MR) is 191 cm³/mol. The van der Waals surface area contributed by atoms with Crippen LogP contribution in [0.1, 0.15) is 71.3 Å². The van der Waals surface area contributed by atoms with Crippen LogP contribution in [-0.2, 0) is 24.2 Å². The largest absolute Gasteiger partial charge is 0.508 e. The van der Waals surface area contributed by atoms with Gasteiger partial charge in [-0.15, -0.1) is 11.3 Å². The Bertz CT molecular complexity index is 1590. The van der Waals surface area contributed by atoms with E-state index in [2.05, 4.69) is 40.6 Å². The first-order chi connectivity index (χ1) is 23.0. The Morgan fingerprint density at radius 2 is 1.60 bits per heavy atom. The van der Waals surface area contributed by atoms with Crippen molar-refractivity contribution in [1.29, 1.82) is 0 Å². The average Bonchev–Trinajstić information content (AvgIpc) is 3.65. The van der Waals surface area contributed by atoms with Crippen LogP contribution >= 0.6 is 11.3 Å². The van der Waals surface area contributed by atoms with Gasteiger partial charge in [0.15, 0.2) is 0 Å². The SMILES string of the molecule is O=C(CCCc1cccs1)N(CCc1ccc(O)cc1)Cc1cccc(-c2ccccc2C(=O)N2CCC(N3CCCCC3)CC2)c1. The van der Waals surface area contributed by atoms with Crippen LogP contribution in [0.3, 0.4) is 0 Å². The second-order valence-electron chi connectivity index (χ2n) is 13.0. The molecule has 2 saturated heterocycles. The lowest BCUT2D eigenvalue weighted by Crippen LogP contribution is -2.48. The summed E-state index contributed by atoms with van der Waals surface area (Å²) in [4.78, 5) is 35.4. The lowest BCUT2D eigenvalue weighted by Gasteiger charge is -2.40. The van der Waals surface area contributed by atoms with Crippen molar-refractivity contribution >= 4 is 23.2 Å². The normalized spacial score (nSPS) is 15.9. The van der Waals surface area contributed by atoms with Crippen molar-refractivity contribution in [2.45, 2.75) is 70.4 Å². The van der Waals surface area contributed by atoms with Crippen LogP contribution in [0.25, 0.3) is 11.1 Å². The molecule has 3 heterocycles. The molecule has 0 atom stereocenters. The fraction of sp³-hybridized carbons (Fsp3) is 0.400. The number of likely N-dealkylation sites (tertiary alicyclic amines) is 2. The smallest absolute Gasteiger partial charge is 0.254 e. The number of hydrogen-bond donors (Lipinski definition) is 1. The average molecular weight is 650 g/mol. The number of phenols is 1. The first kappa shape index (κ1) is 33.0. The van der Waals surface area contributed by atoms with Crippen LogP contribution in [0.15, 0.2) is 90.3 Å². The second-order valence-corrected chi connectivity index (χ2v) is 14.1. The van der Waals surface area contributed by atoms with Crippen molar-refractivity contribution in [1.82, 2.24) is 14.7 Å². The molecular weight excluding hydrogens is 603 g/mol. The molecule has 6 rings (SSSR count). The van der Waals surface area contributed by atoms with E-state index in [1.807, 2.05) is 52.3 Å². The molecule has 3 aromatic carbocycles. The third-order valence-corrected chi connectivity index (χ3v) is 10.7. The minimum atomic E-state index is 0.111. The number of rotatable bonds is 12. The zero-order valence-corrected chi connectivity index (χ0v) is 28.2. The summed E-state index contributed by atoms with van der Waals surface area (Å²) < 4.78 is 0. The van der Waals surface area contributed by atoms with E-state index in [4.69, 9.17) is 0 Å². The number of carbonyl (C=O) groups excluding carboxylic acids is 2. The molecular formula is C40H47N3O3S. The number of aromatic hydroxyl groups is 1. The molecule has 0 radical (unpaired) electrons. The minimum Gasteiger partial charge on any atom is -0.508 e. The molecule has 0 bridgehead atoms. The molecule has 6 nitrogen and oxygen atoms in total. The maximum absolute atomic E-state index is 13.9. The molecule has 2 fully saturated rings. The van der Waals surface area contributed by atoms with Crippen molar-refractivity contribution in [2.24, 2.45) is 0 Å². The summed E-state index contributed by atoms with van der Waals surface area (Å²) in [5, 5.41) is 11.8. The summed E-state index contributed by atoms with van der Waals surface area (Å²) >= 11 is 1.74. The molecule has 246 valence electrons. The maximum atomic E-state index is 13.9. The molecule has 0 spiro atoms. The first-order valence-electron chi connectivity index (χ1n) is 17.3. The summed E-state index contributed by atoms with van der Waals surface area (Å²) in [6.07, 6.45) is 8.97. The Labute approximate surface area is 283 Å². The fourth-order valence-electron chi connectivity index (χ4n) is 7.11. The highest BCUT2D eigenvalue weighted by molar-refractivity contribution is 7.09. The van der Waals surface area contributed by atoms with Gasteiger partial charge in [0.1, 0.15) is 5.75 Å². The molecule has 47 heavy (non-hydrogen) atoms. The highest BCUT2D eigenvalue weighted by atomic mass is 32.1. The van der Waals surface area contributed by atoms with E-state index in [-0.39, 0.29) is 17.6 Å². The zero-order valence-electron chi connectivity index (χ0n) is 27.4. The predicted octanol–water partition coefficient (Wildman–Crippen LogP) is 7.81. The van der Waals surface area contributed by atoms with E-state index in [1.54, 1.807) is 23.5 Å². The second kappa shape index (κ2) is 16.2. The van der Waals surface area contributed by atoms with Crippen molar-refractivity contribution in [3.05, 3.63) is 112 Å². The van der Waals surface area contributed by atoms with E-state index in [9.17, 15) is 14.7 Å². The number of amides is 2. The summed E-state index contributed by atoms with van der Waals surface area (Å²) in [5.41, 5.74) is 4.81. The van der Waals surface area contributed by atoms with Crippen molar-refractivity contribution in [2.75, 3.05) is 32.7 Å². The van der Waals surface area contributed by atoms with E-state index in [0.717, 1.165) is 66.6 Å². The highest BCUT2D eigenvalue weighted by Crippen LogP contribution is 2.28. The van der Waals surface area contributed by atoms with Gasteiger partial charge < -0.3 is 19.8 Å². The third-order valence-electron chi connectivity index (χ3n) is 9.78. The number of aryl methyl sites for hydroxylation is 1. The molecule has 0 aliphatic carbocycles. The lowest BCUT2D eigenvalue weighted by atomic mass is 9.95. The van der Waals surface area contributed by atoms with Gasteiger partial charge in [0.05, 0.1) is 0 Å². The third kappa shape index (κ3) is 8.91. The number of thiophene rings is 1. The Morgan fingerprint density at radius 3 is 2.36 bits per heavy atom. The molecule has 0 saturated carbocycles. The van der Waals surface area contributed by atoms with Gasteiger partial charge in [-0.05, 0) is 116 Å². The molecule has 1 N–H and O–H groups in total. The summed E-state index contributed by atoms with van der Waals surface area (Å²) in [7, 11) is 0. The maximum Gasteiger partial charge on any atom is 0.254 e. The topological polar surface area (TPSA) is 64.1 Å². The highest BCUT2D eigenvalue weighted by Gasteiger charge is 2.29.